The molecule has 0 aromatic carbocycles. The van der Waals surface area contributed by atoms with Crippen molar-refractivity contribution in [2.45, 2.75) is 38.6 Å². The molecule has 3 amide bonds. The Morgan fingerprint density at radius 3 is 2.79 bits per heavy atom. The quantitative estimate of drug-likeness (QED) is 0.618. The van der Waals surface area contributed by atoms with Gasteiger partial charge in [0.05, 0.1) is 5.92 Å². The average Bonchev–Trinajstić information content (AvgIpc) is 3.04. The predicted octanol–water partition coefficient (Wildman–Crippen LogP) is 2.92. The number of nitrogens with one attached hydrogen (secondary N) is 1. The van der Waals surface area contributed by atoms with Gasteiger partial charge < -0.3 is 19.9 Å². The molecule has 1 aliphatic carbocycles. The molecule has 0 spiro atoms. The minimum absolute atomic E-state index is 0.0145. The lowest BCUT2D eigenvalue weighted by molar-refractivity contribution is -0.337. The normalized spacial score (nSPS) is 28.4. The summed E-state index contributed by atoms with van der Waals surface area (Å²) in [6, 6.07) is 0.185. The van der Waals surface area contributed by atoms with E-state index in [4.69, 9.17) is 11.6 Å². The zero-order chi connectivity index (χ0) is 24.1. The molecule has 2 aliphatic heterocycles. The van der Waals surface area contributed by atoms with Gasteiger partial charge in [0.1, 0.15) is 0 Å². The topological polar surface area (TPSA) is 118 Å². The van der Waals surface area contributed by atoms with E-state index in [1.165, 1.54) is 18.3 Å². The van der Waals surface area contributed by atoms with Crippen LogP contribution in [0.25, 0.3) is 0 Å². The molecule has 176 valence electrons. The Labute approximate surface area is 192 Å². The fourth-order valence-electron chi connectivity index (χ4n) is 4.35. The summed E-state index contributed by atoms with van der Waals surface area (Å²) in [5.74, 6) is -4.09. The van der Waals surface area contributed by atoms with Gasteiger partial charge in [0, 0.05) is 41.2 Å². The number of ether oxygens (including phenoxy) is 2. The first-order valence-corrected chi connectivity index (χ1v) is 10.5. The summed E-state index contributed by atoms with van der Waals surface area (Å²) in [7, 11) is 0. The lowest BCUT2D eigenvalue weighted by Crippen LogP contribution is -2.69. The number of pyridine rings is 1. The number of hydrogen-bond donors (Lipinski definition) is 2. The van der Waals surface area contributed by atoms with Gasteiger partial charge in [-0.05, 0) is 25.1 Å². The zero-order valence-corrected chi connectivity index (χ0v) is 18.3. The molecule has 1 aromatic rings. The fraction of sp³-hybridized carbons (Fsp3) is 0.429. The van der Waals surface area contributed by atoms with Crippen molar-refractivity contribution in [1.29, 1.82) is 0 Å². The number of carboxylic acids is 1. The second kappa shape index (κ2) is 8.29. The van der Waals surface area contributed by atoms with Crippen molar-refractivity contribution in [3.8, 4) is 0 Å². The van der Waals surface area contributed by atoms with E-state index in [0.29, 0.717) is 15.6 Å². The van der Waals surface area contributed by atoms with Crippen molar-refractivity contribution in [3.05, 3.63) is 52.7 Å². The van der Waals surface area contributed by atoms with Crippen LogP contribution in [0, 0.1) is 17.8 Å². The molecule has 0 bridgehead atoms. The van der Waals surface area contributed by atoms with Crippen LogP contribution in [0.2, 0.25) is 5.02 Å². The Hall–Kier alpha value is -3.21. The standard InChI is InChI=1S/C21H20ClF2N3O6/c1-9-13(3-4-15-17(9)33-21(23,24)32-15)10(2)26-20(31)27-16(19(29)30)14(18(27)28)8-12-7-11(22)5-6-25-12/h3-7,9-10,13-14,16H,8H2,1-2H3,(H,26,31)(H,29,30). The van der Waals surface area contributed by atoms with Crippen LogP contribution in [-0.4, -0.2) is 51.3 Å². The highest BCUT2D eigenvalue weighted by molar-refractivity contribution is 6.30. The van der Waals surface area contributed by atoms with Gasteiger partial charge in [-0.15, -0.1) is 8.78 Å². The smallest absolute Gasteiger partial charge is 0.480 e. The lowest BCUT2D eigenvalue weighted by atomic mass is 9.82. The minimum Gasteiger partial charge on any atom is -0.480 e. The van der Waals surface area contributed by atoms with Gasteiger partial charge in [0.25, 0.3) is 0 Å². The summed E-state index contributed by atoms with van der Waals surface area (Å²) < 4.78 is 35.8. The first-order chi connectivity index (χ1) is 15.5. The summed E-state index contributed by atoms with van der Waals surface area (Å²) in [6.45, 7) is 3.26. The number of amides is 3. The summed E-state index contributed by atoms with van der Waals surface area (Å²) >= 11 is 5.91. The molecule has 2 N–H and O–H groups in total. The van der Waals surface area contributed by atoms with Crippen molar-refractivity contribution < 1.29 is 37.7 Å². The van der Waals surface area contributed by atoms with Crippen LogP contribution in [0.15, 0.2) is 42.0 Å². The third kappa shape index (κ3) is 4.24. The van der Waals surface area contributed by atoms with Gasteiger partial charge in [-0.25, -0.2) is 14.5 Å². The van der Waals surface area contributed by atoms with Crippen molar-refractivity contribution >= 4 is 29.5 Å². The summed E-state index contributed by atoms with van der Waals surface area (Å²) in [5.41, 5.74) is 0.432. The predicted molar refractivity (Wildman–Crippen MR) is 109 cm³/mol. The highest BCUT2D eigenvalue weighted by atomic mass is 35.5. The number of carbonyl (C=O) groups excluding carboxylic acids is 2. The molecule has 5 unspecified atom stereocenters. The maximum absolute atomic E-state index is 13.4. The maximum atomic E-state index is 13.4. The Bertz CT molecular complexity index is 1080. The number of likely N-dealkylation sites (tertiary alicyclic amines) is 1. The van der Waals surface area contributed by atoms with Crippen molar-refractivity contribution in [3.63, 3.8) is 0 Å². The second-order valence-electron chi connectivity index (χ2n) is 8.13. The number of β-lactam (4-membered cyclic amide) rings is 1. The van der Waals surface area contributed by atoms with Crippen molar-refractivity contribution in [2.24, 2.45) is 17.8 Å². The third-order valence-electron chi connectivity index (χ3n) is 5.98. The highest BCUT2D eigenvalue weighted by Crippen LogP contribution is 2.43. The number of imide groups is 1. The number of rotatable bonds is 5. The number of carboxylic acid groups (broad SMARTS) is 1. The molecule has 1 aromatic heterocycles. The maximum Gasteiger partial charge on any atom is 0.585 e. The molecule has 9 nitrogen and oxygen atoms in total. The lowest BCUT2D eigenvalue weighted by Gasteiger charge is -2.43. The van der Waals surface area contributed by atoms with E-state index in [9.17, 15) is 28.3 Å². The molecule has 5 atom stereocenters. The number of hydrogen-bond acceptors (Lipinski definition) is 6. The van der Waals surface area contributed by atoms with E-state index in [1.807, 2.05) is 0 Å². The highest BCUT2D eigenvalue weighted by Gasteiger charge is 2.55. The monoisotopic (exact) mass is 483 g/mol. The summed E-state index contributed by atoms with van der Waals surface area (Å²) in [6.07, 6.45) is 0.639. The van der Waals surface area contributed by atoms with Crippen LogP contribution < -0.4 is 5.32 Å². The fourth-order valence-corrected chi connectivity index (χ4v) is 4.54. The van der Waals surface area contributed by atoms with Crippen LogP contribution in [0.1, 0.15) is 19.5 Å². The van der Waals surface area contributed by atoms with E-state index in [-0.39, 0.29) is 17.9 Å². The van der Waals surface area contributed by atoms with Gasteiger partial charge >= 0.3 is 18.3 Å². The average molecular weight is 484 g/mol. The van der Waals surface area contributed by atoms with E-state index >= 15 is 0 Å². The minimum atomic E-state index is -3.75. The van der Waals surface area contributed by atoms with Gasteiger partial charge in [0.2, 0.25) is 5.91 Å². The molecule has 0 radical (unpaired) electrons. The first-order valence-electron chi connectivity index (χ1n) is 10.1. The van der Waals surface area contributed by atoms with Gasteiger partial charge in [-0.3, -0.25) is 9.78 Å². The Morgan fingerprint density at radius 1 is 1.39 bits per heavy atom. The SMILES string of the molecule is CC(NC(=O)N1C(=O)C(Cc2cc(Cl)ccn2)C1C(=O)O)C1C=CC2=C(OC(F)(F)O2)C1C. The summed E-state index contributed by atoms with van der Waals surface area (Å²) in [4.78, 5) is 42.0. The number of carbonyl (C=O) groups is 3. The van der Waals surface area contributed by atoms with E-state index in [0.717, 1.165) is 0 Å². The van der Waals surface area contributed by atoms with E-state index < -0.39 is 54.0 Å². The van der Waals surface area contributed by atoms with E-state index in [2.05, 4.69) is 19.8 Å². The number of alkyl halides is 2. The number of aliphatic carboxylic acids is 1. The van der Waals surface area contributed by atoms with Gasteiger partial charge in [0.15, 0.2) is 17.6 Å². The number of nitrogens with zero attached hydrogens (tertiary/aromatic N) is 2. The van der Waals surface area contributed by atoms with Gasteiger partial charge in [-0.2, -0.15) is 0 Å². The van der Waals surface area contributed by atoms with Gasteiger partial charge in [-0.1, -0.05) is 24.6 Å². The number of aromatic nitrogens is 1. The third-order valence-corrected chi connectivity index (χ3v) is 6.22. The Morgan fingerprint density at radius 2 is 2.12 bits per heavy atom. The molecular weight excluding hydrogens is 464 g/mol. The van der Waals surface area contributed by atoms with Crippen LogP contribution in [-0.2, 0) is 25.5 Å². The molecule has 3 aliphatic rings. The molecular formula is C21H20ClF2N3O6. The molecule has 1 fully saturated rings. The molecule has 0 saturated carbocycles. The van der Waals surface area contributed by atoms with Crippen LogP contribution in [0.4, 0.5) is 13.6 Å². The summed E-state index contributed by atoms with van der Waals surface area (Å²) in [5, 5.41) is 12.6. The van der Waals surface area contributed by atoms with Crippen molar-refractivity contribution in [2.75, 3.05) is 0 Å². The zero-order valence-electron chi connectivity index (χ0n) is 17.5. The molecule has 33 heavy (non-hydrogen) atoms. The second-order valence-corrected chi connectivity index (χ2v) is 8.56. The molecule has 4 rings (SSSR count). The molecule has 12 heteroatoms. The Kier molecular flexibility index (Phi) is 5.77. The van der Waals surface area contributed by atoms with Crippen LogP contribution in [0.3, 0.4) is 0 Å². The first kappa shape index (κ1) is 23.0. The van der Waals surface area contributed by atoms with E-state index in [1.54, 1.807) is 26.0 Å². The Balaban J connectivity index is 1.42. The number of urea groups is 1. The molecule has 3 heterocycles. The van der Waals surface area contributed by atoms with Crippen LogP contribution >= 0.6 is 11.6 Å². The largest absolute Gasteiger partial charge is 0.585 e. The number of allylic oxidation sites excluding steroid dienone is 2. The number of halogens is 3. The van der Waals surface area contributed by atoms with Crippen molar-refractivity contribution in [1.82, 2.24) is 15.2 Å². The molecule has 1 saturated heterocycles. The van der Waals surface area contributed by atoms with Crippen LogP contribution in [0.5, 0.6) is 0 Å².